The van der Waals surface area contributed by atoms with E-state index in [0.717, 1.165) is 6.26 Å². The lowest BCUT2D eigenvalue weighted by atomic mass is 9.89. The highest BCUT2D eigenvalue weighted by Crippen LogP contribution is 2.21. The largest absolute Gasteiger partial charge is 0.393 e. The van der Waals surface area contributed by atoms with Gasteiger partial charge in [0.25, 0.3) is 10.1 Å². The second kappa shape index (κ2) is 3.72. The summed E-state index contributed by atoms with van der Waals surface area (Å²) in [5.74, 6) is 0. The standard InChI is InChI=1S/C7H16O4S/c1-6(8)7(2,3)5-11-12(4,9)10/h6,8H,5H2,1-4H3. The molecular formula is C7H16O4S. The van der Waals surface area contributed by atoms with Gasteiger partial charge in [-0.3, -0.25) is 4.18 Å². The van der Waals surface area contributed by atoms with Crippen molar-refractivity contribution in [2.24, 2.45) is 5.41 Å². The van der Waals surface area contributed by atoms with Crippen molar-refractivity contribution in [3.63, 3.8) is 0 Å². The zero-order chi connectivity index (χ0) is 9.99. The van der Waals surface area contributed by atoms with Gasteiger partial charge in [0.05, 0.1) is 19.0 Å². The molecule has 0 aliphatic rings. The molecule has 0 aromatic rings. The van der Waals surface area contributed by atoms with Crippen LogP contribution in [0.25, 0.3) is 0 Å². The Labute approximate surface area is 73.7 Å². The molecule has 0 saturated heterocycles. The van der Waals surface area contributed by atoms with Gasteiger partial charge in [0.1, 0.15) is 0 Å². The predicted molar refractivity (Wildman–Crippen MR) is 46.3 cm³/mol. The molecule has 1 atom stereocenters. The first-order valence-corrected chi connectivity index (χ1v) is 5.49. The van der Waals surface area contributed by atoms with Gasteiger partial charge in [0, 0.05) is 5.41 Å². The second-order valence-corrected chi connectivity index (χ2v) is 5.27. The number of aliphatic hydroxyl groups is 1. The summed E-state index contributed by atoms with van der Waals surface area (Å²) in [5, 5.41) is 9.20. The molecule has 0 amide bonds. The number of rotatable bonds is 4. The van der Waals surface area contributed by atoms with Gasteiger partial charge in [-0.2, -0.15) is 8.42 Å². The minimum absolute atomic E-state index is 0.00347. The Morgan fingerprint density at radius 1 is 1.50 bits per heavy atom. The second-order valence-electron chi connectivity index (χ2n) is 3.63. The van der Waals surface area contributed by atoms with E-state index in [-0.39, 0.29) is 6.61 Å². The first kappa shape index (κ1) is 11.9. The van der Waals surface area contributed by atoms with E-state index >= 15 is 0 Å². The van der Waals surface area contributed by atoms with Gasteiger partial charge in [-0.15, -0.1) is 0 Å². The molecule has 1 N–H and O–H groups in total. The fourth-order valence-corrected chi connectivity index (χ4v) is 0.897. The summed E-state index contributed by atoms with van der Waals surface area (Å²) in [5.41, 5.74) is -0.539. The molecule has 0 aromatic carbocycles. The van der Waals surface area contributed by atoms with Gasteiger partial charge in [-0.05, 0) is 6.92 Å². The summed E-state index contributed by atoms with van der Waals surface area (Å²) in [7, 11) is -3.40. The Morgan fingerprint density at radius 2 is 1.92 bits per heavy atom. The highest BCUT2D eigenvalue weighted by molar-refractivity contribution is 7.85. The molecule has 0 fully saturated rings. The summed E-state index contributed by atoms with van der Waals surface area (Å²) in [4.78, 5) is 0. The number of hydrogen-bond donors (Lipinski definition) is 1. The predicted octanol–water partition coefficient (Wildman–Crippen LogP) is 0.370. The van der Waals surface area contributed by atoms with Crippen LogP contribution in [0.15, 0.2) is 0 Å². The van der Waals surface area contributed by atoms with Crippen molar-refractivity contribution in [3.8, 4) is 0 Å². The highest BCUT2D eigenvalue weighted by Gasteiger charge is 2.26. The Hall–Kier alpha value is -0.130. The number of aliphatic hydroxyl groups excluding tert-OH is 1. The van der Waals surface area contributed by atoms with Gasteiger partial charge < -0.3 is 5.11 Å². The van der Waals surface area contributed by atoms with Crippen LogP contribution < -0.4 is 0 Å². The van der Waals surface area contributed by atoms with Crippen LogP contribution in [0.2, 0.25) is 0 Å². The van der Waals surface area contributed by atoms with Crippen LogP contribution >= 0.6 is 0 Å². The molecule has 5 heteroatoms. The van der Waals surface area contributed by atoms with Crippen LogP contribution in [0.1, 0.15) is 20.8 Å². The average Bonchev–Trinajstić information content (AvgIpc) is 1.82. The molecule has 0 saturated carbocycles. The zero-order valence-electron chi connectivity index (χ0n) is 7.86. The van der Waals surface area contributed by atoms with E-state index in [2.05, 4.69) is 4.18 Å². The topological polar surface area (TPSA) is 63.6 Å². The third-order valence-corrected chi connectivity index (χ3v) is 2.32. The summed E-state index contributed by atoms with van der Waals surface area (Å²) >= 11 is 0. The van der Waals surface area contributed by atoms with Gasteiger partial charge in [-0.25, -0.2) is 0 Å². The molecule has 0 rings (SSSR count). The molecule has 74 valence electrons. The third-order valence-electron chi connectivity index (χ3n) is 1.78. The average molecular weight is 196 g/mol. The molecule has 12 heavy (non-hydrogen) atoms. The fraction of sp³-hybridized carbons (Fsp3) is 1.00. The first-order valence-electron chi connectivity index (χ1n) is 3.67. The van der Waals surface area contributed by atoms with Crippen LogP contribution in [0.5, 0.6) is 0 Å². The van der Waals surface area contributed by atoms with Crippen LogP contribution in [-0.2, 0) is 14.3 Å². The molecule has 0 spiro atoms. The molecule has 0 bridgehead atoms. The van der Waals surface area contributed by atoms with Crippen molar-refractivity contribution in [3.05, 3.63) is 0 Å². The molecule has 1 unspecified atom stereocenters. The van der Waals surface area contributed by atoms with E-state index in [0.29, 0.717) is 0 Å². The van der Waals surface area contributed by atoms with Crippen molar-refractivity contribution >= 4 is 10.1 Å². The van der Waals surface area contributed by atoms with Gasteiger partial charge >= 0.3 is 0 Å². The molecule has 0 aliphatic carbocycles. The van der Waals surface area contributed by atoms with E-state index in [4.69, 9.17) is 0 Å². The highest BCUT2D eigenvalue weighted by atomic mass is 32.2. The maximum absolute atomic E-state index is 10.6. The van der Waals surface area contributed by atoms with Crippen molar-refractivity contribution in [1.29, 1.82) is 0 Å². The Balaban J connectivity index is 4.10. The van der Waals surface area contributed by atoms with E-state index in [1.807, 2.05) is 0 Å². The zero-order valence-corrected chi connectivity index (χ0v) is 8.68. The molecule has 0 radical (unpaired) electrons. The van der Waals surface area contributed by atoms with Crippen LogP contribution in [0.4, 0.5) is 0 Å². The van der Waals surface area contributed by atoms with Gasteiger partial charge in [0.2, 0.25) is 0 Å². The van der Waals surface area contributed by atoms with E-state index < -0.39 is 21.6 Å². The molecule has 0 aromatic heterocycles. The van der Waals surface area contributed by atoms with Crippen LogP contribution in [0, 0.1) is 5.41 Å². The normalized spacial score (nSPS) is 16.1. The maximum atomic E-state index is 10.6. The summed E-state index contributed by atoms with van der Waals surface area (Å²) in [6.45, 7) is 5.08. The Morgan fingerprint density at radius 3 is 2.17 bits per heavy atom. The van der Waals surface area contributed by atoms with Crippen molar-refractivity contribution in [1.82, 2.24) is 0 Å². The Kier molecular flexibility index (Phi) is 3.68. The molecule has 4 nitrogen and oxygen atoms in total. The molecule has 0 heterocycles. The van der Waals surface area contributed by atoms with Gasteiger partial charge in [-0.1, -0.05) is 13.8 Å². The molecular weight excluding hydrogens is 180 g/mol. The number of hydrogen-bond acceptors (Lipinski definition) is 4. The van der Waals surface area contributed by atoms with E-state index in [1.165, 1.54) is 0 Å². The monoisotopic (exact) mass is 196 g/mol. The van der Waals surface area contributed by atoms with Gasteiger partial charge in [0.15, 0.2) is 0 Å². The molecule has 0 aliphatic heterocycles. The van der Waals surface area contributed by atoms with Crippen molar-refractivity contribution in [2.75, 3.05) is 12.9 Å². The minimum atomic E-state index is -3.40. The van der Waals surface area contributed by atoms with Crippen LogP contribution in [-0.4, -0.2) is 32.5 Å². The summed E-state index contributed by atoms with van der Waals surface area (Å²) in [6.07, 6.45) is 0.393. The Bertz CT molecular complexity index is 228. The van der Waals surface area contributed by atoms with Crippen molar-refractivity contribution < 1.29 is 17.7 Å². The fourth-order valence-electron chi connectivity index (χ4n) is 0.380. The SMILES string of the molecule is CC(O)C(C)(C)COS(C)(=O)=O. The maximum Gasteiger partial charge on any atom is 0.264 e. The quantitative estimate of drug-likeness (QED) is 0.660. The first-order chi connectivity index (χ1) is 5.15. The lowest BCUT2D eigenvalue weighted by Gasteiger charge is -2.26. The van der Waals surface area contributed by atoms with Crippen molar-refractivity contribution in [2.45, 2.75) is 26.9 Å². The lowest BCUT2D eigenvalue weighted by Crippen LogP contribution is -2.32. The van der Waals surface area contributed by atoms with Crippen LogP contribution in [0.3, 0.4) is 0 Å². The summed E-state index contributed by atoms with van der Waals surface area (Å²) in [6, 6.07) is 0. The van der Waals surface area contributed by atoms with E-state index in [1.54, 1.807) is 20.8 Å². The smallest absolute Gasteiger partial charge is 0.264 e. The van der Waals surface area contributed by atoms with E-state index in [9.17, 15) is 13.5 Å². The lowest BCUT2D eigenvalue weighted by molar-refractivity contribution is 0.0307. The summed E-state index contributed by atoms with van der Waals surface area (Å²) < 4.78 is 25.8. The minimum Gasteiger partial charge on any atom is -0.393 e. The third kappa shape index (κ3) is 4.69.